The first kappa shape index (κ1) is 27.7. The Morgan fingerprint density at radius 2 is 0.917 bits per heavy atom. The van der Waals surface area contributed by atoms with E-state index in [1.54, 1.807) is 0 Å². The standard InChI is InChI=1S/C32H46N4/c1-19(2)25-13-11-14-26(20(3)4)30(25)34-23(9)29-17-18-33-32(36-29)24(10)35-31-27(21(5)6)15-12-16-28(31)22(7)8/h11-24,34-35H,1-10H3. The van der Waals surface area contributed by atoms with Crippen LogP contribution in [-0.4, -0.2) is 9.97 Å². The van der Waals surface area contributed by atoms with Gasteiger partial charge >= 0.3 is 0 Å². The predicted molar refractivity (Wildman–Crippen MR) is 155 cm³/mol. The lowest BCUT2D eigenvalue weighted by molar-refractivity contribution is 0.732. The molecular formula is C32H46N4. The van der Waals surface area contributed by atoms with Gasteiger partial charge in [0.2, 0.25) is 0 Å². The SMILES string of the molecule is CC(C)c1cccc(C(C)C)c1NC(C)c1ccnc(C(C)Nc2c(C(C)C)cccc2C(C)C)n1. The van der Waals surface area contributed by atoms with Gasteiger partial charge in [0.15, 0.2) is 0 Å². The number of para-hydroxylation sites is 2. The Labute approximate surface area is 219 Å². The summed E-state index contributed by atoms with van der Waals surface area (Å²) in [6, 6.07) is 15.4. The monoisotopic (exact) mass is 486 g/mol. The first-order valence-electron chi connectivity index (χ1n) is 13.6. The topological polar surface area (TPSA) is 49.8 Å². The molecule has 1 aromatic heterocycles. The fourth-order valence-corrected chi connectivity index (χ4v) is 4.85. The molecule has 0 aliphatic heterocycles. The zero-order valence-corrected chi connectivity index (χ0v) is 24.0. The van der Waals surface area contributed by atoms with E-state index < -0.39 is 0 Å². The first-order valence-corrected chi connectivity index (χ1v) is 13.6. The Morgan fingerprint density at radius 1 is 0.528 bits per heavy atom. The van der Waals surface area contributed by atoms with Crippen molar-refractivity contribution in [1.29, 1.82) is 0 Å². The highest BCUT2D eigenvalue weighted by Gasteiger charge is 2.20. The Morgan fingerprint density at radius 3 is 1.31 bits per heavy atom. The number of hydrogen-bond donors (Lipinski definition) is 2. The molecule has 194 valence electrons. The van der Waals surface area contributed by atoms with E-state index in [1.807, 2.05) is 12.3 Å². The number of nitrogens with one attached hydrogen (secondary N) is 2. The molecular weight excluding hydrogens is 440 g/mol. The lowest BCUT2D eigenvalue weighted by Gasteiger charge is -2.25. The highest BCUT2D eigenvalue weighted by molar-refractivity contribution is 5.62. The minimum absolute atomic E-state index is 0.0104. The number of benzene rings is 2. The molecule has 0 saturated carbocycles. The molecule has 0 amide bonds. The van der Waals surface area contributed by atoms with Crippen molar-refractivity contribution in [2.75, 3.05) is 10.6 Å². The maximum atomic E-state index is 5.03. The smallest absolute Gasteiger partial charge is 0.150 e. The number of rotatable bonds is 10. The van der Waals surface area contributed by atoms with Crippen LogP contribution in [-0.2, 0) is 0 Å². The molecule has 4 heteroatoms. The Hall–Kier alpha value is -2.88. The van der Waals surface area contributed by atoms with Crippen molar-refractivity contribution >= 4 is 11.4 Å². The molecule has 4 nitrogen and oxygen atoms in total. The van der Waals surface area contributed by atoms with Crippen molar-refractivity contribution in [1.82, 2.24) is 9.97 Å². The van der Waals surface area contributed by atoms with Crippen LogP contribution < -0.4 is 10.6 Å². The Kier molecular flexibility index (Phi) is 9.16. The molecule has 2 atom stereocenters. The average molecular weight is 487 g/mol. The summed E-state index contributed by atoms with van der Waals surface area (Å²) in [7, 11) is 0. The summed E-state index contributed by atoms with van der Waals surface area (Å²) in [6.07, 6.45) is 1.89. The van der Waals surface area contributed by atoms with Gasteiger partial charge in [-0.1, -0.05) is 91.8 Å². The zero-order valence-electron chi connectivity index (χ0n) is 24.0. The second kappa shape index (κ2) is 11.9. The van der Waals surface area contributed by atoms with E-state index >= 15 is 0 Å². The maximum Gasteiger partial charge on any atom is 0.150 e. The van der Waals surface area contributed by atoms with Crippen LogP contribution in [0.15, 0.2) is 48.7 Å². The lowest BCUT2D eigenvalue weighted by atomic mass is 9.92. The van der Waals surface area contributed by atoms with Crippen LogP contribution in [0, 0.1) is 0 Å². The van der Waals surface area contributed by atoms with E-state index in [0.29, 0.717) is 23.7 Å². The molecule has 2 unspecified atom stereocenters. The van der Waals surface area contributed by atoms with E-state index in [1.165, 1.54) is 33.6 Å². The summed E-state index contributed by atoms with van der Waals surface area (Å²) in [4.78, 5) is 9.69. The van der Waals surface area contributed by atoms with Gasteiger partial charge in [-0.05, 0) is 65.8 Å². The molecule has 36 heavy (non-hydrogen) atoms. The number of hydrogen-bond acceptors (Lipinski definition) is 4. The second-order valence-corrected chi connectivity index (χ2v) is 11.3. The molecule has 0 bridgehead atoms. The fraction of sp³-hybridized carbons (Fsp3) is 0.500. The molecule has 2 aromatic carbocycles. The Balaban J connectivity index is 1.90. The van der Waals surface area contributed by atoms with Gasteiger partial charge in [-0.2, -0.15) is 0 Å². The number of nitrogens with zero attached hydrogens (tertiary/aromatic N) is 2. The molecule has 0 fully saturated rings. The third-order valence-electron chi connectivity index (χ3n) is 6.99. The van der Waals surface area contributed by atoms with Crippen LogP contribution in [0.4, 0.5) is 11.4 Å². The molecule has 0 saturated heterocycles. The first-order chi connectivity index (χ1) is 17.0. The summed E-state index contributed by atoms with van der Waals surface area (Å²) >= 11 is 0. The predicted octanol–water partition coefficient (Wildman–Crippen LogP) is 9.32. The third-order valence-corrected chi connectivity index (χ3v) is 6.99. The van der Waals surface area contributed by atoms with Crippen molar-refractivity contribution in [2.24, 2.45) is 0 Å². The molecule has 1 heterocycles. The number of anilines is 2. The minimum Gasteiger partial charge on any atom is -0.376 e. The Bertz CT molecular complexity index is 1010. The maximum absolute atomic E-state index is 5.03. The van der Waals surface area contributed by atoms with E-state index in [9.17, 15) is 0 Å². The van der Waals surface area contributed by atoms with Gasteiger partial charge in [0.25, 0.3) is 0 Å². The summed E-state index contributed by atoms with van der Waals surface area (Å²) in [5.74, 6) is 2.58. The summed E-state index contributed by atoms with van der Waals surface area (Å²) in [5.41, 5.74) is 8.85. The molecule has 3 rings (SSSR count). The molecule has 0 aliphatic rings. The van der Waals surface area contributed by atoms with Crippen LogP contribution >= 0.6 is 0 Å². The number of aromatic nitrogens is 2. The quantitative estimate of drug-likeness (QED) is 0.300. The van der Waals surface area contributed by atoms with E-state index in [2.05, 4.69) is 121 Å². The van der Waals surface area contributed by atoms with Gasteiger partial charge in [-0.15, -0.1) is 0 Å². The van der Waals surface area contributed by atoms with E-state index in [-0.39, 0.29) is 12.1 Å². The van der Waals surface area contributed by atoms with Crippen molar-refractivity contribution in [3.05, 3.63) is 82.4 Å². The summed E-state index contributed by atoms with van der Waals surface area (Å²) in [5, 5.41) is 7.59. The minimum atomic E-state index is -0.0104. The molecule has 2 N–H and O–H groups in total. The highest BCUT2D eigenvalue weighted by atomic mass is 15.0. The van der Waals surface area contributed by atoms with E-state index in [4.69, 9.17) is 4.98 Å². The van der Waals surface area contributed by atoms with E-state index in [0.717, 1.165) is 11.5 Å². The van der Waals surface area contributed by atoms with Gasteiger partial charge in [-0.25, -0.2) is 9.97 Å². The van der Waals surface area contributed by atoms with Gasteiger partial charge in [-0.3, -0.25) is 0 Å². The molecule has 3 aromatic rings. The van der Waals surface area contributed by atoms with Crippen LogP contribution in [0.3, 0.4) is 0 Å². The van der Waals surface area contributed by atoms with Crippen molar-refractivity contribution in [2.45, 2.75) is 105 Å². The fourth-order valence-electron chi connectivity index (χ4n) is 4.85. The molecule has 0 radical (unpaired) electrons. The molecule has 0 aliphatic carbocycles. The largest absolute Gasteiger partial charge is 0.376 e. The van der Waals surface area contributed by atoms with Crippen LogP contribution in [0.5, 0.6) is 0 Å². The van der Waals surface area contributed by atoms with Crippen molar-refractivity contribution < 1.29 is 0 Å². The van der Waals surface area contributed by atoms with Crippen LogP contribution in [0.1, 0.15) is 139 Å². The van der Waals surface area contributed by atoms with Crippen molar-refractivity contribution in [3.8, 4) is 0 Å². The van der Waals surface area contributed by atoms with Crippen molar-refractivity contribution in [3.63, 3.8) is 0 Å². The highest BCUT2D eigenvalue weighted by Crippen LogP contribution is 2.36. The van der Waals surface area contributed by atoms with Gasteiger partial charge in [0, 0.05) is 17.6 Å². The lowest BCUT2D eigenvalue weighted by Crippen LogP contribution is -2.17. The normalized spacial score (nSPS) is 13.5. The summed E-state index contributed by atoms with van der Waals surface area (Å²) < 4.78 is 0. The third kappa shape index (κ3) is 6.27. The van der Waals surface area contributed by atoms with Crippen LogP contribution in [0.25, 0.3) is 0 Å². The average Bonchev–Trinajstić information content (AvgIpc) is 2.83. The zero-order chi connectivity index (χ0) is 26.6. The molecule has 0 spiro atoms. The van der Waals surface area contributed by atoms with Gasteiger partial charge in [0.05, 0.1) is 17.8 Å². The van der Waals surface area contributed by atoms with Gasteiger partial charge in [0.1, 0.15) is 5.82 Å². The summed E-state index contributed by atoms with van der Waals surface area (Å²) in [6.45, 7) is 22.4. The van der Waals surface area contributed by atoms with Crippen LogP contribution in [0.2, 0.25) is 0 Å². The van der Waals surface area contributed by atoms with Gasteiger partial charge < -0.3 is 10.6 Å². The second-order valence-electron chi connectivity index (χ2n) is 11.3.